The summed E-state index contributed by atoms with van der Waals surface area (Å²) in [5, 5.41) is 0.899. The summed E-state index contributed by atoms with van der Waals surface area (Å²) in [4.78, 5) is 11.5. The van der Waals surface area contributed by atoms with Crippen molar-refractivity contribution in [1.82, 2.24) is 4.57 Å². The van der Waals surface area contributed by atoms with E-state index in [0.717, 1.165) is 28.8 Å². The SMILES string of the molecule is CC(C)c1cc(Cn2cc(CC(=O)Cl)c3ccccc32)ccc1O[Si](C)(C)C(C)(C)C. The van der Waals surface area contributed by atoms with Crippen LogP contribution in [0.5, 0.6) is 5.75 Å². The number of hydrogen-bond donors (Lipinski definition) is 0. The number of para-hydroxylation sites is 1. The number of nitrogens with zero attached hydrogens (tertiary/aromatic N) is 1. The minimum absolute atomic E-state index is 0.153. The van der Waals surface area contributed by atoms with E-state index in [-0.39, 0.29) is 16.7 Å². The largest absolute Gasteiger partial charge is 0.543 e. The van der Waals surface area contributed by atoms with Crippen LogP contribution in [-0.2, 0) is 17.8 Å². The Kier molecular flexibility index (Phi) is 6.73. The molecule has 0 radical (unpaired) electrons. The number of benzene rings is 2. The van der Waals surface area contributed by atoms with Crippen LogP contribution in [0.2, 0.25) is 18.1 Å². The van der Waals surface area contributed by atoms with Gasteiger partial charge in [0.2, 0.25) is 13.6 Å². The Bertz CT molecular complexity index is 1090. The van der Waals surface area contributed by atoms with Gasteiger partial charge in [0.15, 0.2) is 0 Å². The number of fused-ring (bicyclic) bond motifs is 1. The smallest absolute Gasteiger partial charge is 0.250 e. The summed E-state index contributed by atoms with van der Waals surface area (Å²) in [5.41, 5.74) is 4.55. The molecular formula is C26H34ClNO2Si. The predicted molar refractivity (Wildman–Crippen MR) is 134 cm³/mol. The third-order valence-electron chi connectivity index (χ3n) is 6.42. The Morgan fingerprint density at radius 1 is 1.13 bits per heavy atom. The highest BCUT2D eigenvalue weighted by atomic mass is 35.5. The van der Waals surface area contributed by atoms with Crippen molar-refractivity contribution >= 4 is 36.1 Å². The van der Waals surface area contributed by atoms with Crippen LogP contribution >= 0.6 is 11.6 Å². The zero-order chi connectivity index (χ0) is 23.0. The first-order chi connectivity index (χ1) is 14.4. The molecule has 0 amide bonds. The van der Waals surface area contributed by atoms with E-state index in [9.17, 15) is 4.79 Å². The highest BCUT2D eigenvalue weighted by Crippen LogP contribution is 2.39. The Balaban J connectivity index is 1.97. The molecule has 0 aliphatic rings. The lowest BCUT2D eigenvalue weighted by Crippen LogP contribution is -2.44. The van der Waals surface area contributed by atoms with E-state index in [1.165, 1.54) is 11.1 Å². The van der Waals surface area contributed by atoms with Gasteiger partial charge < -0.3 is 8.99 Å². The molecule has 3 aromatic rings. The van der Waals surface area contributed by atoms with Gasteiger partial charge in [-0.15, -0.1) is 0 Å². The maximum Gasteiger partial charge on any atom is 0.250 e. The Morgan fingerprint density at radius 2 is 1.81 bits per heavy atom. The average Bonchev–Trinajstić information content (AvgIpc) is 2.98. The zero-order valence-electron chi connectivity index (χ0n) is 19.8. The van der Waals surface area contributed by atoms with Gasteiger partial charge >= 0.3 is 0 Å². The third kappa shape index (κ3) is 5.24. The highest BCUT2D eigenvalue weighted by molar-refractivity contribution is 6.74. The van der Waals surface area contributed by atoms with Crippen molar-refractivity contribution in [1.29, 1.82) is 0 Å². The second-order valence-corrected chi connectivity index (χ2v) is 15.4. The molecule has 0 saturated carbocycles. The van der Waals surface area contributed by atoms with Crippen LogP contribution in [0, 0.1) is 0 Å². The summed E-state index contributed by atoms with van der Waals surface area (Å²) < 4.78 is 8.87. The number of halogens is 1. The molecule has 0 fully saturated rings. The maximum absolute atomic E-state index is 11.5. The molecule has 0 bridgehead atoms. The Labute approximate surface area is 192 Å². The molecule has 0 atom stereocenters. The standard InChI is InChI=1S/C26H34ClNO2Si/c1-18(2)22-14-19(12-13-24(22)30-31(6,7)26(3,4)5)16-28-17-20(15-25(27)29)21-10-8-9-11-23(21)28/h8-14,17-18H,15-16H2,1-7H3. The summed E-state index contributed by atoms with van der Waals surface area (Å²) >= 11 is 5.68. The van der Waals surface area contributed by atoms with Crippen molar-refractivity contribution in [3.05, 3.63) is 65.4 Å². The fourth-order valence-electron chi connectivity index (χ4n) is 3.61. The first-order valence-corrected chi connectivity index (χ1v) is 14.2. The molecule has 2 aromatic carbocycles. The van der Waals surface area contributed by atoms with E-state index in [1.807, 2.05) is 12.1 Å². The quantitative estimate of drug-likeness (QED) is 0.272. The molecule has 0 spiro atoms. The van der Waals surface area contributed by atoms with Gasteiger partial charge in [-0.3, -0.25) is 4.79 Å². The topological polar surface area (TPSA) is 31.2 Å². The molecule has 1 aromatic heterocycles. The van der Waals surface area contributed by atoms with E-state index in [4.69, 9.17) is 16.0 Å². The number of carbonyl (C=O) groups excluding carboxylic acids is 1. The van der Waals surface area contributed by atoms with Crippen LogP contribution in [0.25, 0.3) is 10.9 Å². The van der Waals surface area contributed by atoms with E-state index in [2.05, 4.69) is 88.8 Å². The van der Waals surface area contributed by atoms with Crippen LogP contribution in [-0.4, -0.2) is 18.1 Å². The van der Waals surface area contributed by atoms with Gasteiger partial charge in [0.1, 0.15) is 5.75 Å². The van der Waals surface area contributed by atoms with Gasteiger partial charge in [0.25, 0.3) is 0 Å². The summed E-state index contributed by atoms with van der Waals surface area (Å²) in [6, 6.07) is 14.7. The Morgan fingerprint density at radius 3 is 2.42 bits per heavy atom. The van der Waals surface area contributed by atoms with Crippen LogP contribution in [0.4, 0.5) is 0 Å². The molecule has 31 heavy (non-hydrogen) atoms. The van der Waals surface area contributed by atoms with Gasteiger partial charge in [0.05, 0.1) is 0 Å². The zero-order valence-corrected chi connectivity index (χ0v) is 21.5. The summed E-state index contributed by atoms with van der Waals surface area (Å²) in [7, 11) is -1.91. The molecule has 0 aliphatic carbocycles. The van der Waals surface area contributed by atoms with Crippen molar-refractivity contribution in [3.8, 4) is 5.75 Å². The lowest BCUT2D eigenvalue weighted by atomic mass is 9.99. The second kappa shape index (κ2) is 8.83. The molecule has 3 nitrogen and oxygen atoms in total. The van der Waals surface area contributed by atoms with E-state index in [1.54, 1.807) is 0 Å². The molecule has 1 heterocycles. The predicted octanol–water partition coefficient (Wildman–Crippen LogP) is 7.50. The van der Waals surface area contributed by atoms with Gasteiger partial charge in [-0.1, -0.05) is 65.0 Å². The fraction of sp³-hybridized carbons (Fsp3) is 0.423. The van der Waals surface area contributed by atoms with Crippen LogP contribution in [0.1, 0.15) is 57.2 Å². The van der Waals surface area contributed by atoms with Gasteiger partial charge in [-0.05, 0) is 64.5 Å². The number of carbonyl (C=O) groups is 1. The minimum atomic E-state index is -1.91. The van der Waals surface area contributed by atoms with Gasteiger partial charge in [-0.25, -0.2) is 0 Å². The molecule has 166 valence electrons. The van der Waals surface area contributed by atoms with Gasteiger partial charge in [0, 0.05) is 30.1 Å². The average molecular weight is 456 g/mol. The third-order valence-corrected chi connectivity index (χ3v) is 10.9. The van der Waals surface area contributed by atoms with Crippen molar-refractivity contribution in [3.63, 3.8) is 0 Å². The molecule has 0 saturated heterocycles. The summed E-state index contributed by atoms with van der Waals surface area (Å²) in [5.74, 6) is 1.38. The molecule has 3 rings (SSSR count). The van der Waals surface area contributed by atoms with E-state index >= 15 is 0 Å². The van der Waals surface area contributed by atoms with Crippen LogP contribution in [0.3, 0.4) is 0 Å². The lowest BCUT2D eigenvalue weighted by Gasteiger charge is -2.37. The molecule has 5 heteroatoms. The molecule has 0 unspecified atom stereocenters. The number of aromatic nitrogens is 1. The summed E-state index contributed by atoms with van der Waals surface area (Å²) in [6.45, 7) is 16.5. The monoisotopic (exact) mass is 455 g/mol. The second-order valence-electron chi connectivity index (χ2n) is 10.2. The van der Waals surface area contributed by atoms with E-state index in [0.29, 0.717) is 5.92 Å². The maximum atomic E-state index is 11.5. The van der Waals surface area contributed by atoms with E-state index < -0.39 is 8.32 Å². The minimum Gasteiger partial charge on any atom is -0.543 e. The van der Waals surface area contributed by atoms with Crippen molar-refractivity contribution < 1.29 is 9.22 Å². The number of rotatable bonds is 7. The van der Waals surface area contributed by atoms with Crippen molar-refractivity contribution in [2.24, 2.45) is 0 Å². The van der Waals surface area contributed by atoms with Crippen LogP contribution < -0.4 is 4.43 Å². The fourth-order valence-corrected chi connectivity index (χ4v) is 4.80. The van der Waals surface area contributed by atoms with Crippen molar-refractivity contribution in [2.45, 2.75) is 71.6 Å². The molecular weight excluding hydrogens is 422 g/mol. The number of hydrogen-bond acceptors (Lipinski definition) is 2. The van der Waals surface area contributed by atoms with Crippen LogP contribution in [0.15, 0.2) is 48.7 Å². The first kappa shape index (κ1) is 23.6. The summed E-state index contributed by atoms with van der Waals surface area (Å²) in [6.07, 6.45) is 2.30. The Hall–Kier alpha value is -2.04. The van der Waals surface area contributed by atoms with Crippen molar-refractivity contribution in [2.75, 3.05) is 0 Å². The highest BCUT2D eigenvalue weighted by Gasteiger charge is 2.39. The lowest BCUT2D eigenvalue weighted by molar-refractivity contribution is -0.111. The normalized spacial score (nSPS) is 12.5. The first-order valence-electron chi connectivity index (χ1n) is 11.0. The molecule has 0 aliphatic heterocycles. The van der Waals surface area contributed by atoms with Gasteiger partial charge in [-0.2, -0.15) is 0 Å². The molecule has 0 N–H and O–H groups in total.